The molecule has 1 aromatic heterocycles. The maximum Gasteiger partial charge on any atom is 0.137 e. The van der Waals surface area contributed by atoms with Gasteiger partial charge in [-0.3, -0.25) is 4.90 Å². The van der Waals surface area contributed by atoms with Crippen LogP contribution in [0.5, 0.6) is 0 Å². The number of piperazine rings is 1. The lowest BCUT2D eigenvalue weighted by molar-refractivity contribution is 0.212. The summed E-state index contributed by atoms with van der Waals surface area (Å²) in [5.41, 5.74) is 0.988. The lowest BCUT2D eigenvalue weighted by Gasteiger charge is -2.40. The second-order valence-electron chi connectivity index (χ2n) is 5.00. The Labute approximate surface area is 114 Å². The van der Waals surface area contributed by atoms with Crippen LogP contribution < -0.4 is 4.90 Å². The van der Waals surface area contributed by atoms with Gasteiger partial charge in [-0.05, 0) is 27.3 Å². The van der Waals surface area contributed by atoms with E-state index in [1.165, 1.54) is 0 Å². The summed E-state index contributed by atoms with van der Waals surface area (Å²) < 4.78 is 0. The van der Waals surface area contributed by atoms with Gasteiger partial charge in [-0.25, -0.2) is 9.97 Å². The van der Waals surface area contributed by atoms with Crippen molar-refractivity contribution in [2.45, 2.75) is 33.2 Å². The Bertz CT molecular complexity index is 435. The zero-order valence-corrected chi connectivity index (χ0v) is 12.3. The summed E-state index contributed by atoms with van der Waals surface area (Å²) in [7, 11) is 2.19. The van der Waals surface area contributed by atoms with E-state index < -0.39 is 0 Å². The average Bonchev–Trinajstić information content (AvgIpc) is 2.34. The molecule has 0 amide bonds. The maximum atomic E-state index is 6.15. The lowest BCUT2D eigenvalue weighted by atomic mass is 10.1. The van der Waals surface area contributed by atoms with Gasteiger partial charge in [-0.1, -0.05) is 18.5 Å². The highest BCUT2D eigenvalue weighted by Crippen LogP contribution is 2.25. The first-order valence-corrected chi connectivity index (χ1v) is 6.86. The fraction of sp³-hybridized carbons (Fsp3) is 0.692. The van der Waals surface area contributed by atoms with Crippen molar-refractivity contribution >= 4 is 17.4 Å². The van der Waals surface area contributed by atoms with E-state index in [0.717, 1.165) is 43.3 Å². The number of likely N-dealkylation sites (N-methyl/N-ethyl adjacent to an activating group) is 1. The van der Waals surface area contributed by atoms with E-state index in [2.05, 4.69) is 33.7 Å². The molecule has 100 valence electrons. The van der Waals surface area contributed by atoms with Crippen molar-refractivity contribution in [3.05, 3.63) is 16.5 Å². The molecule has 1 aliphatic rings. The number of aryl methyl sites for hydroxylation is 1. The topological polar surface area (TPSA) is 32.3 Å². The monoisotopic (exact) mass is 268 g/mol. The van der Waals surface area contributed by atoms with Crippen molar-refractivity contribution < 1.29 is 0 Å². The summed E-state index contributed by atoms with van der Waals surface area (Å²) in [5.74, 6) is 1.74. The summed E-state index contributed by atoms with van der Waals surface area (Å²) in [6.45, 7) is 9.20. The van der Waals surface area contributed by atoms with Crippen LogP contribution in [0.1, 0.15) is 24.7 Å². The normalized spacial score (nSPS) is 21.4. The Morgan fingerprint density at radius 1 is 1.28 bits per heavy atom. The Balaban J connectivity index is 2.27. The largest absolute Gasteiger partial charge is 0.353 e. The van der Waals surface area contributed by atoms with Crippen LogP contribution in [0, 0.1) is 13.8 Å². The predicted molar refractivity (Wildman–Crippen MR) is 75.4 cm³/mol. The zero-order valence-electron chi connectivity index (χ0n) is 11.6. The van der Waals surface area contributed by atoms with Crippen LogP contribution in [0.25, 0.3) is 0 Å². The Kier molecular flexibility index (Phi) is 4.07. The lowest BCUT2D eigenvalue weighted by Crippen LogP contribution is -2.51. The number of halogens is 1. The number of hydrogen-bond donors (Lipinski definition) is 0. The van der Waals surface area contributed by atoms with Gasteiger partial charge in [0.05, 0.1) is 0 Å². The summed E-state index contributed by atoms with van der Waals surface area (Å²) in [6.07, 6.45) is 1.16. The minimum atomic E-state index is 0.574. The minimum absolute atomic E-state index is 0.574. The predicted octanol–water partition coefficient (Wildman–Crippen LogP) is 2.28. The third kappa shape index (κ3) is 2.59. The Morgan fingerprint density at radius 3 is 2.67 bits per heavy atom. The first kappa shape index (κ1) is 13.6. The summed E-state index contributed by atoms with van der Waals surface area (Å²) in [5, 5.41) is 0.574. The van der Waals surface area contributed by atoms with E-state index in [0.29, 0.717) is 11.2 Å². The van der Waals surface area contributed by atoms with Crippen LogP contribution >= 0.6 is 11.6 Å². The molecule has 1 fully saturated rings. The van der Waals surface area contributed by atoms with E-state index in [-0.39, 0.29) is 0 Å². The van der Waals surface area contributed by atoms with Gasteiger partial charge in [-0.2, -0.15) is 0 Å². The van der Waals surface area contributed by atoms with Gasteiger partial charge in [-0.15, -0.1) is 0 Å². The molecule has 5 heteroatoms. The molecule has 0 radical (unpaired) electrons. The second-order valence-corrected chi connectivity index (χ2v) is 5.36. The van der Waals surface area contributed by atoms with Crippen LogP contribution in [-0.2, 0) is 0 Å². The Morgan fingerprint density at radius 2 is 2.00 bits per heavy atom. The molecule has 18 heavy (non-hydrogen) atoms. The van der Waals surface area contributed by atoms with Crippen LogP contribution in [0.4, 0.5) is 5.82 Å². The van der Waals surface area contributed by atoms with Crippen molar-refractivity contribution in [2.75, 3.05) is 31.6 Å². The molecule has 0 spiro atoms. The molecule has 0 saturated carbocycles. The molecule has 1 saturated heterocycles. The van der Waals surface area contributed by atoms with E-state index in [9.17, 15) is 0 Å². The maximum absolute atomic E-state index is 6.15. The van der Waals surface area contributed by atoms with Crippen molar-refractivity contribution in [1.29, 1.82) is 0 Å². The van der Waals surface area contributed by atoms with Gasteiger partial charge < -0.3 is 4.90 Å². The van der Waals surface area contributed by atoms with E-state index in [1.807, 2.05) is 13.8 Å². The molecule has 0 aromatic carbocycles. The molecule has 0 bridgehead atoms. The highest BCUT2D eigenvalue weighted by Gasteiger charge is 2.25. The van der Waals surface area contributed by atoms with Crippen LogP contribution in [0.15, 0.2) is 0 Å². The van der Waals surface area contributed by atoms with Gasteiger partial charge in [0.25, 0.3) is 0 Å². The third-order valence-electron chi connectivity index (χ3n) is 3.72. The number of nitrogens with zero attached hydrogens (tertiary/aromatic N) is 4. The molecule has 2 rings (SSSR count). The molecule has 1 unspecified atom stereocenters. The highest BCUT2D eigenvalue weighted by atomic mass is 35.5. The van der Waals surface area contributed by atoms with Crippen LogP contribution in [0.2, 0.25) is 5.15 Å². The van der Waals surface area contributed by atoms with Gasteiger partial charge in [0.1, 0.15) is 16.8 Å². The van der Waals surface area contributed by atoms with Crippen molar-refractivity contribution in [3.63, 3.8) is 0 Å². The minimum Gasteiger partial charge on any atom is -0.353 e. The highest BCUT2D eigenvalue weighted by molar-refractivity contribution is 6.30. The molecule has 2 heterocycles. The third-order valence-corrected chi connectivity index (χ3v) is 4.09. The van der Waals surface area contributed by atoms with Crippen molar-refractivity contribution in [2.24, 2.45) is 0 Å². The molecule has 0 N–H and O–H groups in total. The van der Waals surface area contributed by atoms with Gasteiger partial charge in [0.15, 0.2) is 0 Å². The van der Waals surface area contributed by atoms with Crippen molar-refractivity contribution in [1.82, 2.24) is 14.9 Å². The quantitative estimate of drug-likeness (QED) is 0.771. The first-order valence-electron chi connectivity index (χ1n) is 6.48. The summed E-state index contributed by atoms with van der Waals surface area (Å²) in [6, 6.07) is 0.590. The number of anilines is 1. The van der Waals surface area contributed by atoms with E-state index >= 15 is 0 Å². The van der Waals surface area contributed by atoms with E-state index in [4.69, 9.17) is 11.6 Å². The Hall–Kier alpha value is -0.870. The standard InChI is InChI=1S/C13H21ClN4/c1-5-11-8-18(7-6-17(11)4)13-9(2)12(14)15-10(3)16-13/h11H,5-8H2,1-4H3. The molecule has 1 atom stereocenters. The van der Waals surface area contributed by atoms with Gasteiger partial charge in [0, 0.05) is 31.2 Å². The molecule has 4 nitrogen and oxygen atoms in total. The number of hydrogen-bond acceptors (Lipinski definition) is 4. The SMILES string of the molecule is CCC1CN(c2nc(C)nc(Cl)c2C)CCN1C. The zero-order chi connectivity index (χ0) is 13.3. The van der Waals surface area contributed by atoms with Gasteiger partial charge >= 0.3 is 0 Å². The fourth-order valence-corrected chi connectivity index (χ4v) is 2.67. The molecule has 0 aliphatic carbocycles. The fourth-order valence-electron chi connectivity index (χ4n) is 2.47. The summed E-state index contributed by atoms with van der Waals surface area (Å²) >= 11 is 6.15. The molecular formula is C13H21ClN4. The average molecular weight is 269 g/mol. The number of aromatic nitrogens is 2. The second kappa shape index (κ2) is 5.41. The molecule has 1 aromatic rings. The van der Waals surface area contributed by atoms with Crippen LogP contribution in [-0.4, -0.2) is 47.6 Å². The van der Waals surface area contributed by atoms with E-state index in [1.54, 1.807) is 0 Å². The molecule has 1 aliphatic heterocycles. The van der Waals surface area contributed by atoms with Gasteiger partial charge in [0.2, 0.25) is 0 Å². The van der Waals surface area contributed by atoms with Crippen molar-refractivity contribution in [3.8, 4) is 0 Å². The smallest absolute Gasteiger partial charge is 0.137 e. The first-order chi connectivity index (χ1) is 8.52. The summed E-state index contributed by atoms with van der Waals surface area (Å²) in [4.78, 5) is 13.5. The molecular weight excluding hydrogens is 248 g/mol. The van der Waals surface area contributed by atoms with Crippen LogP contribution in [0.3, 0.4) is 0 Å². The number of rotatable bonds is 2.